The molecule has 0 amide bonds. The predicted molar refractivity (Wildman–Crippen MR) is 160 cm³/mol. The van der Waals surface area contributed by atoms with Crippen molar-refractivity contribution in [2.45, 2.75) is 60.2 Å². The van der Waals surface area contributed by atoms with Gasteiger partial charge in [-0.3, -0.25) is 0 Å². The van der Waals surface area contributed by atoms with Gasteiger partial charge in [0, 0.05) is 68.2 Å². The molecule has 0 spiro atoms. The summed E-state index contributed by atoms with van der Waals surface area (Å²) in [4.78, 5) is 0. The highest BCUT2D eigenvalue weighted by atomic mass is 16.3. The van der Waals surface area contributed by atoms with Gasteiger partial charge in [-0.2, -0.15) is 0 Å². The Morgan fingerprint density at radius 3 is 0.565 bits per heavy atom. The summed E-state index contributed by atoms with van der Waals surface area (Å²) < 4.78 is 0. The maximum atomic E-state index is 11.3. The number of phenolic OH excluding ortho intramolecular Hbond substituents is 12. The van der Waals surface area contributed by atoms with Crippen molar-refractivity contribution in [1.82, 2.24) is 0 Å². The minimum Gasteiger partial charge on any atom is -0.508 e. The van der Waals surface area contributed by atoms with Gasteiger partial charge in [0.2, 0.25) is 0 Å². The second-order valence-electron chi connectivity index (χ2n) is 13.6. The molecular weight excluding hydrogens is 600 g/mol. The fraction of sp³-hybridized carbons (Fsp3) is 0.294. The van der Waals surface area contributed by atoms with Crippen molar-refractivity contribution >= 4 is 0 Å². The van der Waals surface area contributed by atoms with Crippen LogP contribution < -0.4 is 0 Å². The standard InChI is InChI=1S/C34H32O12/c35-19-5-27(43)23(39)1-15(19)31-9-32(16-2-24(40)28(44)6-20(16)36)12-33(10-31,17-3-25(41)29(45)7-21(17)37)14-34(11-31,13-32)18-4-26(42)30(46)8-22(18)38/h1-8,35-46H,9-14H2. The average molecular weight is 633 g/mol. The van der Waals surface area contributed by atoms with E-state index in [2.05, 4.69) is 0 Å². The molecule has 12 nitrogen and oxygen atoms in total. The summed E-state index contributed by atoms with van der Waals surface area (Å²) in [5.41, 5.74) is -3.90. The van der Waals surface area contributed by atoms with E-state index in [9.17, 15) is 61.3 Å². The third kappa shape index (κ3) is 3.85. The number of benzene rings is 4. The first kappa shape index (κ1) is 29.2. The fourth-order valence-corrected chi connectivity index (χ4v) is 9.74. The summed E-state index contributed by atoms with van der Waals surface area (Å²) >= 11 is 0. The molecule has 0 heterocycles. The van der Waals surface area contributed by atoms with Gasteiger partial charge in [-0.15, -0.1) is 0 Å². The van der Waals surface area contributed by atoms with Gasteiger partial charge in [0.15, 0.2) is 46.0 Å². The van der Waals surface area contributed by atoms with Crippen molar-refractivity contribution < 1.29 is 61.3 Å². The Kier molecular flexibility index (Phi) is 5.73. The van der Waals surface area contributed by atoms with Gasteiger partial charge in [-0.25, -0.2) is 0 Å². The lowest BCUT2D eigenvalue weighted by Gasteiger charge is -2.71. The van der Waals surface area contributed by atoms with Gasteiger partial charge in [0.25, 0.3) is 0 Å². The molecule has 0 radical (unpaired) electrons. The fourth-order valence-electron chi connectivity index (χ4n) is 9.74. The Labute approximate surface area is 261 Å². The Morgan fingerprint density at radius 1 is 0.239 bits per heavy atom. The van der Waals surface area contributed by atoms with E-state index in [-0.39, 0.29) is 83.8 Å². The van der Waals surface area contributed by atoms with Crippen LogP contribution in [0.25, 0.3) is 0 Å². The Bertz CT molecular complexity index is 1650. The van der Waals surface area contributed by atoms with E-state index in [0.29, 0.717) is 0 Å². The first-order chi connectivity index (χ1) is 21.5. The normalized spacial score (nSPS) is 28.0. The molecule has 4 saturated carbocycles. The highest BCUT2D eigenvalue weighted by Gasteiger charge is 2.71. The molecule has 46 heavy (non-hydrogen) atoms. The van der Waals surface area contributed by atoms with E-state index in [0.717, 1.165) is 24.3 Å². The van der Waals surface area contributed by atoms with Crippen molar-refractivity contribution in [3.05, 3.63) is 70.8 Å². The van der Waals surface area contributed by atoms with Crippen LogP contribution in [0.3, 0.4) is 0 Å². The molecule has 0 aromatic heterocycles. The zero-order valence-corrected chi connectivity index (χ0v) is 24.2. The Morgan fingerprint density at radius 2 is 0.391 bits per heavy atom. The van der Waals surface area contributed by atoms with Gasteiger partial charge in [-0.1, -0.05) is 0 Å². The summed E-state index contributed by atoms with van der Waals surface area (Å²) in [7, 11) is 0. The summed E-state index contributed by atoms with van der Waals surface area (Å²) in [5, 5.41) is 129. The van der Waals surface area contributed by atoms with Gasteiger partial charge in [-0.05, 0) is 62.8 Å². The molecule has 0 aliphatic heterocycles. The molecule has 12 heteroatoms. The Balaban J connectivity index is 1.62. The number of aromatic hydroxyl groups is 12. The quantitative estimate of drug-likeness (QED) is 0.109. The Hall–Kier alpha value is -5.52. The third-order valence-electron chi connectivity index (χ3n) is 10.7. The van der Waals surface area contributed by atoms with Gasteiger partial charge < -0.3 is 61.3 Å². The van der Waals surface area contributed by atoms with Crippen molar-refractivity contribution in [2.75, 3.05) is 0 Å². The summed E-state index contributed by atoms with van der Waals surface area (Å²) in [6, 6.07) is 8.87. The van der Waals surface area contributed by atoms with Crippen LogP contribution in [-0.2, 0) is 21.7 Å². The molecule has 4 aliphatic carbocycles. The molecule has 4 bridgehead atoms. The van der Waals surface area contributed by atoms with Crippen LogP contribution in [0.15, 0.2) is 48.5 Å². The zero-order chi connectivity index (χ0) is 33.1. The van der Waals surface area contributed by atoms with Crippen LogP contribution in [-0.4, -0.2) is 61.3 Å². The molecule has 4 aromatic carbocycles. The largest absolute Gasteiger partial charge is 0.508 e. The van der Waals surface area contributed by atoms with E-state index in [1.54, 1.807) is 0 Å². The van der Waals surface area contributed by atoms with Crippen LogP contribution in [0.4, 0.5) is 0 Å². The molecule has 0 atom stereocenters. The molecule has 240 valence electrons. The molecule has 0 saturated heterocycles. The monoisotopic (exact) mass is 632 g/mol. The lowest BCUT2D eigenvalue weighted by molar-refractivity contribution is -0.0717. The highest BCUT2D eigenvalue weighted by Crippen LogP contribution is 2.77. The van der Waals surface area contributed by atoms with E-state index in [1.165, 1.54) is 24.3 Å². The molecule has 4 aliphatic rings. The molecule has 12 N–H and O–H groups in total. The topological polar surface area (TPSA) is 243 Å². The van der Waals surface area contributed by atoms with Crippen LogP contribution in [0, 0.1) is 0 Å². The number of phenols is 12. The minimum absolute atomic E-state index is 0.161. The summed E-state index contributed by atoms with van der Waals surface area (Å²) in [5.74, 6) is -5.89. The zero-order valence-electron chi connectivity index (χ0n) is 24.2. The van der Waals surface area contributed by atoms with E-state index in [1.807, 2.05) is 0 Å². The highest BCUT2D eigenvalue weighted by molar-refractivity contribution is 5.63. The lowest BCUT2D eigenvalue weighted by atomic mass is 9.32. The predicted octanol–water partition coefficient (Wildman–Crippen LogP) is 4.59. The molecule has 4 aromatic rings. The van der Waals surface area contributed by atoms with Crippen LogP contribution >= 0.6 is 0 Å². The third-order valence-corrected chi connectivity index (χ3v) is 10.7. The first-order valence-corrected chi connectivity index (χ1v) is 14.5. The number of hydrogen-bond acceptors (Lipinski definition) is 12. The SMILES string of the molecule is Oc1cc(O)c(C23CC4(c5cc(O)c(O)cc5O)CC(c5cc(O)c(O)cc5O)(C2)CC(c2cc(O)c(O)cc2O)(C3)C4)cc1O. The molecule has 4 fully saturated rings. The summed E-state index contributed by atoms with van der Waals surface area (Å²) in [6.07, 6.45) is 0.968. The van der Waals surface area contributed by atoms with Gasteiger partial charge >= 0.3 is 0 Å². The lowest BCUT2D eigenvalue weighted by Crippen LogP contribution is -2.67. The summed E-state index contributed by atoms with van der Waals surface area (Å²) in [6.45, 7) is 0. The second-order valence-corrected chi connectivity index (χ2v) is 13.6. The van der Waals surface area contributed by atoms with E-state index >= 15 is 0 Å². The van der Waals surface area contributed by atoms with Crippen LogP contribution in [0.1, 0.15) is 60.8 Å². The molecule has 8 rings (SSSR count). The van der Waals surface area contributed by atoms with Crippen LogP contribution in [0.5, 0.6) is 69.0 Å². The first-order valence-electron chi connectivity index (χ1n) is 14.5. The van der Waals surface area contributed by atoms with Gasteiger partial charge in [0.1, 0.15) is 23.0 Å². The number of rotatable bonds is 4. The maximum Gasteiger partial charge on any atom is 0.161 e. The van der Waals surface area contributed by atoms with E-state index < -0.39 is 67.7 Å². The average Bonchev–Trinajstić information content (AvgIpc) is 2.95. The number of hydrogen-bond donors (Lipinski definition) is 12. The smallest absolute Gasteiger partial charge is 0.161 e. The van der Waals surface area contributed by atoms with Crippen molar-refractivity contribution in [1.29, 1.82) is 0 Å². The second kappa shape index (κ2) is 9.03. The van der Waals surface area contributed by atoms with Crippen molar-refractivity contribution in [3.63, 3.8) is 0 Å². The minimum atomic E-state index is -1.18. The van der Waals surface area contributed by atoms with Crippen LogP contribution in [0.2, 0.25) is 0 Å². The van der Waals surface area contributed by atoms with Gasteiger partial charge in [0.05, 0.1) is 0 Å². The molecular formula is C34H32O12. The van der Waals surface area contributed by atoms with Crippen molar-refractivity contribution in [2.24, 2.45) is 0 Å². The van der Waals surface area contributed by atoms with Crippen molar-refractivity contribution in [3.8, 4) is 69.0 Å². The molecule has 0 unspecified atom stereocenters. The maximum absolute atomic E-state index is 11.3. The van der Waals surface area contributed by atoms with E-state index in [4.69, 9.17) is 0 Å².